The molecular formula is C21H29N3O5. The van der Waals surface area contributed by atoms with E-state index in [1.165, 1.54) is 23.1 Å². The Hall–Kier alpha value is -2.74. The van der Waals surface area contributed by atoms with E-state index in [1.54, 1.807) is 7.11 Å². The fraction of sp³-hybridized carbons (Fsp3) is 0.524. The summed E-state index contributed by atoms with van der Waals surface area (Å²) in [7, 11) is 1.56. The highest BCUT2D eigenvalue weighted by molar-refractivity contribution is 6.22. The topological polar surface area (TPSA) is 105 Å². The van der Waals surface area contributed by atoms with Gasteiger partial charge < -0.3 is 15.4 Å². The number of nitrogens with zero attached hydrogens (tertiary/aromatic N) is 1. The predicted octanol–water partition coefficient (Wildman–Crippen LogP) is 1.60. The van der Waals surface area contributed by atoms with Crippen LogP contribution >= 0.6 is 0 Å². The Morgan fingerprint density at radius 3 is 2.34 bits per heavy atom. The molecule has 1 aromatic rings. The minimum atomic E-state index is -0.398. The number of nitrogens with one attached hydrogen (secondary N) is 2. The van der Waals surface area contributed by atoms with Gasteiger partial charge in [0.15, 0.2) is 0 Å². The van der Waals surface area contributed by atoms with Crippen molar-refractivity contribution < 1.29 is 23.9 Å². The van der Waals surface area contributed by atoms with Crippen molar-refractivity contribution in [1.29, 1.82) is 0 Å². The van der Waals surface area contributed by atoms with Crippen molar-refractivity contribution in [2.45, 2.75) is 33.6 Å². The van der Waals surface area contributed by atoms with Gasteiger partial charge in [0.05, 0.1) is 11.1 Å². The van der Waals surface area contributed by atoms with Gasteiger partial charge in [-0.1, -0.05) is 20.8 Å². The van der Waals surface area contributed by atoms with Gasteiger partial charge in [0.2, 0.25) is 5.91 Å². The maximum atomic E-state index is 12.5. The van der Waals surface area contributed by atoms with Gasteiger partial charge in [-0.15, -0.1) is 0 Å². The van der Waals surface area contributed by atoms with Crippen LogP contribution in [0.2, 0.25) is 0 Å². The fourth-order valence-corrected chi connectivity index (χ4v) is 3.03. The third-order valence-electron chi connectivity index (χ3n) is 4.39. The largest absolute Gasteiger partial charge is 0.385 e. The van der Waals surface area contributed by atoms with Gasteiger partial charge in [-0.05, 0) is 30.0 Å². The van der Waals surface area contributed by atoms with Crippen molar-refractivity contribution in [3.05, 3.63) is 34.9 Å². The molecule has 0 spiro atoms. The van der Waals surface area contributed by atoms with E-state index in [0.717, 1.165) is 0 Å². The molecule has 0 aliphatic carbocycles. The maximum Gasteiger partial charge on any atom is 0.261 e. The van der Waals surface area contributed by atoms with E-state index in [-0.39, 0.29) is 41.8 Å². The Bertz CT molecular complexity index is 798. The summed E-state index contributed by atoms with van der Waals surface area (Å²) >= 11 is 0. The third kappa shape index (κ3) is 6.12. The van der Waals surface area contributed by atoms with E-state index in [9.17, 15) is 19.2 Å². The first kappa shape index (κ1) is 22.5. The number of fused-ring (bicyclic) bond motifs is 1. The Morgan fingerprint density at radius 1 is 1.03 bits per heavy atom. The van der Waals surface area contributed by atoms with Crippen molar-refractivity contribution in [2.75, 3.05) is 33.4 Å². The van der Waals surface area contributed by atoms with Crippen molar-refractivity contribution >= 4 is 23.6 Å². The minimum Gasteiger partial charge on any atom is -0.385 e. The number of imide groups is 1. The van der Waals surface area contributed by atoms with Gasteiger partial charge in [0.25, 0.3) is 17.7 Å². The number of carbonyl (C=O) groups excluding carboxylic acids is 4. The summed E-state index contributed by atoms with van der Waals surface area (Å²) in [4.78, 5) is 50.2. The van der Waals surface area contributed by atoms with E-state index in [0.29, 0.717) is 37.1 Å². The van der Waals surface area contributed by atoms with Gasteiger partial charge in [0, 0.05) is 45.3 Å². The molecule has 0 saturated carbocycles. The Kier molecular flexibility index (Phi) is 7.50. The molecule has 0 atom stereocenters. The number of carbonyl (C=O) groups is 4. The number of benzene rings is 1. The molecule has 0 aromatic heterocycles. The lowest BCUT2D eigenvalue weighted by atomic mass is 9.92. The quantitative estimate of drug-likeness (QED) is 0.481. The van der Waals surface area contributed by atoms with E-state index < -0.39 is 5.91 Å². The zero-order valence-electron chi connectivity index (χ0n) is 17.5. The second-order valence-corrected chi connectivity index (χ2v) is 8.21. The van der Waals surface area contributed by atoms with E-state index in [4.69, 9.17) is 4.74 Å². The first-order chi connectivity index (χ1) is 13.6. The van der Waals surface area contributed by atoms with Crippen LogP contribution in [-0.4, -0.2) is 61.9 Å². The van der Waals surface area contributed by atoms with Crippen LogP contribution in [0.3, 0.4) is 0 Å². The molecule has 4 amide bonds. The highest BCUT2D eigenvalue weighted by Gasteiger charge is 2.35. The van der Waals surface area contributed by atoms with E-state index in [1.807, 2.05) is 20.8 Å². The molecule has 2 N–H and O–H groups in total. The summed E-state index contributed by atoms with van der Waals surface area (Å²) in [5.41, 5.74) is 0.737. The summed E-state index contributed by atoms with van der Waals surface area (Å²) in [6.07, 6.45) is 0.957. The van der Waals surface area contributed by atoms with Crippen LogP contribution in [0.15, 0.2) is 18.2 Å². The van der Waals surface area contributed by atoms with Crippen molar-refractivity contribution in [1.82, 2.24) is 15.5 Å². The van der Waals surface area contributed by atoms with Crippen molar-refractivity contribution in [3.63, 3.8) is 0 Å². The molecule has 1 heterocycles. The Labute approximate surface area is 171 Å². The molecular weight excluding hydrogens is 374 g/mol. The second-order valence-electron chi connectivity index (χ2n) is 8.21. The zero-order valence-corrected chi connectivity index (χ0v) is 17.5. The summed E-state index contributed by atoms with van der Waals surface area (Å²) < 4.78 is 4.96. The molecule has 29 heavy (non-hydrogen) atoms. The van der Waals surface area contributed by atoms with Gasteiger partial charge >= 0.3 is 0 Å². The average molecular weight is 403 g/mol. The average Bonchev–Trinajstić information content (AvgIpc) is 2.88. The van der Waals surface area contributed by atoms with E-state index in [2.05, 4.69) is 10.6 Å². The maximum absolute atomic E-state index is 12.5. The molecule has 0 saturated heterocycles. The highest BCUT2D eigenvalue weighted by Crippen LogP contribution is 2.24. The molecule has 1 aliphatic rings. The van der Waals surface area contributed by atoms with Crippen LogP contribution in [0.25, 0.3) is 0 Å². The lowest BCUT2D eigenvalue weighted by molar-refractivity contribution is -0.122. The molecule has 0 fully saturated rings. The van der Waals surface area contributed by atoms with Crippen LogP contribution in [0.5, 0.6) is 0 Å². The number of methoxy groups -OCH3 is 1. The normalized spacial score (nSPS) is 13.4. The molecule has 158 valence electrons. The molecule has 0 unspecified atom stereocenters. The number of hydrogen-bond donors (Lipinski definition) is 2. The monoisotopic (exact) mass is 403 g/mol. The molecule has 8 heteroatoms. The van der Waals surface area contributed by atoms with Gasteiger partial charge in [-0.25, -0.2) is 0 Å². The SMILES string of the molecule is COCCCN1C(=O)c2ccc(C(=O)NCCNC(=O)CC(C)(C)C)cc2C1=O. The lowest BCUT2D eigenvalue weighted by Crippen LogP contribution is -2.36. The Morgan fingerprint density at radius 2 is 1.69 bits per heavy atom. The highest BCUT2D eigenvalue weighted by atomic mass is 16.5. The lowest BCUT2D eigenvalue weighted by Gasteiger charge is -2.17. The van der Waals surface area contributed by atoms with Gasteiger partial charge in [0.1, 0.15) is 0 Å². The van der Waals surface area contributed by atoms with Gasteiger partial charge in [-0.2, -0.15) is 0 Å². The predicted molar refractivity (Wildman–Crippen MR) is 108 cm³/mol. The molecule has 2 rings (SSSR count). The molecule has 1 aliphatic heterocycles. The zero-order chi connectivity index (χ0) is 21.6. The smallest absolute Gasteiger partial charge is 0.261 e. The van der Waals surface area contributed by atoms with Crippen LogP contribution in [0, 0.1) is 5.41 Å². The molecule has 0 radical (unpaired) electrons. The van der Waals surface area contributed by atoms with Crippen LogP contribution < -0.4 is 10.6 Å². The standard InChI is InChI=1S/C21H29N3O5/c1-21(2,3)13-17(25)22-8-9-23-18(26)14-6-7-15-16(12-14)20(28)24(19(15)27)10-5-11-29-4/h6-7,12H,5,8-11,13H2,1-4H3,(H,22,25)(H,23,26). The Balaban J connectivity index is 1.90. The summed E-state index contributed by atoms with van der Waals surface area (Å²) in [5, 5.41) is 5.47. The summed E-state index contributed by atoms with van der Waals surface area (Å²) in [6.45, 7) is 7.24. The second kappa shape index (κ2) is 9.65. The van der Waals surface area contributed by atoms with Gasteiger partial charge in [-0.3, -0.25) is 24.1 Å². The number of hydrogen-bond acceptors (Lipinski definition) is 5. The number of rotatable bonds is 9. The molecule has 8 nitrogen and oxygen atoms in total. The van der Waals surface area contributed by atoms with Crippen LogP contribution in [0.4, 0.5) is 0 Å². The molecule has 0 bridgehead atoms. The fourth-order valence-electron chi connectivity index (χ4n) is 3.03. The van der Waals surface area contributed by atoms with Crippen molar-refractivity contribution in [2.24, 2.45) is 5.41 Å². The summed E-state index contributed by atoms with van der Waals surface area (Å²) in [6, 6.07) is 4.47. The number of amides is 4. The third-order valence-corrected chi connectivity index (χ3v) is 4.39. The molecule has 1 aromatic carbocycles. The van der Waals surface area contributed by atoms with Crippen molar-refractivity contribution in [3.8, 4) is 0 Å². The van der Waals surface area contributed by atoms with E-state index >= 15 is 0 Å². The minimum absolute atomic E-state index is 0.0676. The summed E-state index contributed by atoms with van der Waals surface area (Å²) in [5.74, 6) is -1.18. The first-order valence-corrected chi connectivity index (χ1v) is 9.68. The van der Waals surface area contributed by atoms with Crippen LogP contribution in [0.1, 0.15) is 64.7 Å². The van der Waals surface area contributed by atoms with Crippen LogP contribution in [-0.2, 0) is 9.53 Å². The first-order valence-electron chi connectivity index (χ1n) is 9.68. The number of ether oxygens (including phenoxy) is 1.